The highest BCUT2D eigenvalue weighted by Gasteiger charge is 2.42. The van der Waals surface area contributed by atoms with Gasteiger partial charge in [0.15, 0.2) is 0 Å². The molecule has 3 unspecified atom stereocenters. The highest BCUT2D eigenvalue weighted by molar-refractivity contribution is 4.95. The van der Waals surface area contributed by atoms with Crippen LogP contribution in [-0.4, -0.2) is 18.2 Å². The van der Waals surface area contributed by atoms with Gasteiger partial charge >= 0.3 is 0 Å². The van der Waals surface area contributed by atoms with E-state index in [4.69, 9.17) is 10.5 Å². The Bertz CT molecular complexity index is 183. The molecular weight excluding hydrogens is 162 g/mol. The van der Waals surface area contributed by atoms with Crippen molar-refractivity contribution < 1.29 is 4.74 Å². The summed E-state index contributed by atoms with van der Waals surface area (Å²) in [7, 11) is 0. The summed E-state index contributed by atoms with van der Waals surface area (Å²) in [6.07, 6.45) is 7.32. The number of hydrogen-bond donors (Lipinski definition) is 1. The topological polar surface area (TPSA) is 35.2 Å². The maximum atomic E-state index is 6.00. The summed E-state index contributed by atoms with van der Waals surface area (Å²) >= 11 is 0. The molecule has 0 radical (unpaired) electrons. The zero-order chi connectivity index (χ0) is 9.31. The minimum Gasteiger partial charge on any atom is -0.375 e. The van der Waals surface area contributed by atoms with Gasteiger partial charge in [-0.05, 0) is 38.0 Å². The summed E-state index contributed by atoms with van der Waals surface area (Å²) in [5.74, 6) is 0.894. The number of rotatable bonds is 1. The molecule has 76 valence electrons. The van der Waals surface area contributed by atoms with Gasteiger partial charge in [0.1, 0.15) is 0 Å². The molecule has 2 rings (SSSR count). The summed E-state index contributed by atoms with van der Waals surface area (Å²) in [6, 6.07) is 0.393. The first-order valence-electron chi connectivity index (χ1n) is 5.64. The standard InChI is InChI=1S/C11H21NO/c1-2-9-3-5-11(7-9)8-10(12)4-6-13-11/h9-10H,2-8,12H2,1H3. The Hall–Kier alpha value is -0.0800. The third kappa shape index (κ3) is 1.89. The maximum absolute atomic E-state index is 6.00. The first-order chi connectivity index (χ1) is 6.24. The summed E-state index contributed by atoms with van der Waals surface area (Å²) < 4.78 is 5.95. The second-order valence-corrected chi connectivity index (χ2v) is 4.80. The molecule has 1 aliphatic heterocycles. The monoisotopic (exact) mass is 183 g/mol. The first kappa shape index (κ1) is 9.47. The molecule has 1 spiro atoms. The molecule has 13 heavy (non-hydrogen) atoms. The van der Waals surface area contributed by atoms with Crippen LogP contribution in [0, 0.1) is 5.92 Å². The molecule has 0 bridgehead atoms. The van der Waals surface area contributed by atoms with Crippen molar-refractivity contribution in [2.75, 3.05) is 6.61 Å². The van der Waals surface area contributed by atoms with Crippen molar-refractivity contribution in [3.8, 4) is 0 Å². The minimum atomic E-state index is 0.193. The normalized spacial score (nSPS) is 45.7. The van der Waals surface area contributed by atoms with Crippen molar-refractivity contribution >= 4 is 0 Å². The van der Waals surface area contributed by atoms with Crippen LogP contribution in [0.2, 0.25) is 0 Å². The summed E-state index contributed by atoms with van der Waals surface area (Å²) in [4.78, 5) is 0. The van der Waals surface area contributed by atoms with Crippen LogP contribution in [0.5, 0.6) is 0 Å². The average Bonchev–Trinajstić information content (AvgIpc) is 2.48. The molecule has 0 aromatic rings. The fraction of sp³-hybridized carbons (Fsp3) is 1.00. The summed E-state index contributed by atoms with van der Waals surface area (Å²) in [5, 5.41) is 0. The Balaban J connectivity index is 1.97. The van der Waals surface area contributed by atoms with Crippen molar-refractivity contribution in [1.82, 2.24) is 0 Å². The van der Waals surface area contributed by atoms with Gasteiger partial charge in [0.05, 0.1) is 5.60 Å². The molecule has 2 aliphatic rings. The Kier molecular flexibility index (Phi) is 2.61. The van der Waals surface area contributed by atoms with Gasteiger partial charge in [-0.2, -0.15) is 0 Å². The second kappa shape index (κ2) is 3.58. The van der Waals surface area contributed by atoms with Crippen molar-refractivity contribution in [2.45, 2.75) is 57.1 Å². The zero-order valence-electron chi connectivity index (χ0n) is 8.59. The number of nitrogens with two attached hydrogens (primary N) is 1. The van der Waals surface area contributed by atoms with Crippen molar-refractivity contribution in [2.24, 2.45) is 11.7 Å². The van der Waals surface area contributed by atoms with Crippen LogP contribution in [-0.2, 0) is 4.74 Å². The first-order valence-corrected chi connectivity index (χ1v) is 5.64. The Labute approximate surface area is 80.8 Å². The largest absolute Gasteiger partial charge is 0.375 e. The molecule has 1 saturated carbocycles. The van der Waals surface area contributed by atoms with Crippen molar-refractivity contribution in [1.29, 1.82) is 0 Å². The number of ether oxygens (including phenoxy) is 1. The Morgan fingerprint density at radius 1 is 1.38 bits per heavy atom. The van der Waals surface area contributed by atoms with Crippen molar-refractivity contribution in [3.05, 3.63) is 0 Å². The van der Waals surface area contributed by atoms with Crippen LogP contribution in [0.1, 0.15) is 45.4 Å². The lowest BCUT2D eigenvalue weighted by Gasteiger charge is -2.37. The Morgan fingerprint density at radius 3 is 2.85 bits per heavy atom. The molecule has 1 heterocycles. The highest BCUT2D eigenvalue weighted by Crippen LogP contribution is 2.43. The van der Waals surface area contributed by atoms with Crippen molar-refractivity contribution in [3.63, 3.8) is 0 Å². The predicted molar refractivity (Wildman–Crippen MR) is 53.5 cm³/mol. The molecule has 0 amide bonds. The van der Waals surface area contributed by atoms with E-state index < -0.39 is 0 Å². The van der Waals surface area contributed by atoms with E-state index in [9.17, 15) is 0 Å². The molecule has 1 saturated heterocycles. The quantitative estimate of drug-likeness (QED) is 0.675. The SMILES string of the molecule is CCC1CCC2(CC(N)CCO2)C1. The third-order valence-electron chi connectivity index (χ3n) is 3.78. The van der Waals surface area contributed by atoms with Crippen LogP contribution in [0.15, 0.2) is 0 Å². The predicted octanol–water partition coefficient (Wildman–Crippen LogP) is 2.07. The van der Waals surface area contributed by atoms with Crippen LogP contribution in [0.4, 0.5) is 0 Å². The maximum Gasteiger partial charge on any atom is 0.0700 e. The molecule has 2 N–H and O–H groups in total. The van der Waals surface area contributed by atoms with E-state index in [1.54, 1.807) is 0 Å². The van der Waals surface area contributed by atoms with Gasteiger partial charge in [-0.15, -0.1) is 0 Å². The lowest BCUT2D eigenvalue weighted by molar-refractivity contribution is -0.0815. The van der Waals surface area contributed by atoms with Crippen LogP contribution < -0.4 is 5.73 Å². The van der Waals surface area contributed by atoms with E-state index in [2.05, 4.69) is 6.92 Å². The van der Waals surface area contributed by atoms with E-state index in [0.717, 1.165) is 25.4 Å². The summed E-state index contributed by atoms with van der Waals surface area (Å²) in [5.41, 5.74) is 6.19. The van der Waals surface area contributed by atoms with Gasteiger partial charge in [0.25, 0.3) is 0 Å². The van der Waals surface area contributed by atoms with Gasteiger partial charge < -0.3 is 10.5 Å². The smallest absolute Gasteiger partial charge is 0.0700 e. The highest BCUT2D eigenvalue weighted by atomic mass is 16.5. The summed E-state index contributed by atoms with van der Waals surface area (Å²) in [6.45, 7) is 3.17. The lowest BCUT2D eigenvalue weighted by Crippen LogP contribution is -2.43. The molecule has 0 aromatic carbocycles. The van der Waals surface area contributed by atoms with E-state index >= 15 is 0 Å². The molecule has 2 fully saturated rings. The fourth-order valence-corrected chi connectivity index (χ4v) is 2.93. The number of hydrogen-bond acceptors (Lipinski definition) is 2. The minimum absolute atomic E-state index is 0.193. The molecule has 3 atom stereocenters. The molecule has 0 aromatic heterocycles. The molecule has 2 heteroatoms. The van der Waals surface area contributed by atoms with E-state index in [1.807, 2.05) is 0 Å². The van der Waals surface area contributed by atoms with E-state index in [1.165, 1.54) is 25.7 Å². The Morgan fingerprint density at radius 2 is 2.23 bits per heavy atom. The van der Waals surface area contributed by atoms with Gasteiger partial charge in [-0.1, -0.05) is 13.3 Å². The van der Waals surface area contributed by atoms with Crippen LogP contribution in [0.3, 0.4) is 0 Å². The van der Waals surface area contributed by atoms with E-state index in [0.29, 0.717) is 6.04 Å². The second-order valence-electron chi connectivity index (χ2n) is 4.80. The van der Waals surface area contributed by atoms with Gasteiger partial charge in [0.2, 0.25) is 0 Å². The van der Waals surface area contributed by atoms with Gasteiger partial charge in [-0.3, -0.25) is 0 Å². The van der Waals surface area contributed by atoms with Crippen LogP contribution >= 0.6 is 0 Å². The third-order valence-corrected chi connectivity index (χ3v) is 3.78. The zero-order valence-corrected chi connectivity index (χ0v) is 8.59. The van der Waals surface area contributed by atoms with Gasteiger partial charge in [0, 0.05) is 12.6 Å². The fourth-order valence-electron chi connectivity index (χ4n) is 2.93. The molecular formula is C11H21NO. The lowest BCUT2D eigenvalue weighted by atomic mass is 9.88. The van der Waals surface area contributed by atoms with E-state index in [-0.39, 0.29) is 5.60 Å². The molecule has 1 aliphatic carbocycles. The average molecular weight is 183 g/mol. The van der Waals surface area contributed by atoms with Crippen LogP contribution in [0.25, 0.3) is 0 Å². The van der Waals surface area contributed by atoms with Gasteiger partial charge in [-0.25, -0.2) is 0 Å². The molecule has 2 nitrogen and oxygen atoms in total.